The minimum absolute atomic E-state index is 0.0515. The van der Waals surface area contributed by atoms with Crippen LogP contribution in [0.15, 0.2) is 46.9 Å². The summed E-state index contributed by atoms with van der Waals surface area (Å²) in [5.41, 5.74) is 0.515. The summed E-state index contributed by atoms with van der Waals surface area (Å²) in [5, 5.41) is 12.6. The van der Waals surface area contributed by atoms with Crippen LogP contribution in [0, 0.1) is 0 Å². The van der Waals surface area contributed by atoms with Gasteiger partial charge in [0.2, 0.25) is 6.79 Å². The van der Waals surface area contributed by atoms with Gasteiger partial charge in [0.1, 0.15) is 18.5 Å². The first-order valence-electron chi connectivity index (χ1n) is 7.37. The number of aliphatic hydroxyl groups excluding tert-OH is 1. The van der Waals surface area contributed by atoms with E-state index in [0.717, 1.165) is 0 Å². The third-order valence-electron chi connectivity index (χ3n) is 3.40. The number of carbonyl (C=O) groups excluding carboxylic acids is 1. The lowest BCUT2D eigenvalue weighted by Crippen LogP contribution is -2.35. The molecule has 1 heterocycles. The molecular formula is C17H16BrNO5. The Hall–Kier alpha value is -2.25. The summed E-state index contributed by atoms with van der Waals surface area (Å²) in [6.07, 6.45) is -0.832. The predicted molar refractivity (Wildman–Crippen MR) is 90.5 cm³/mol. The fraction of sp³-hybridized carbons (Fsp3) is 0.235. The average molecular weight is 394 g/mol. The molecule has 6 nitrogen and oxygen atoms in total. The summed E-state index contributed by atoms with van der Waals surface area (Å²) in [7, 11) is 0. The van der Waals surface area contributed by atoms with Crippen molar-refractivity contribution in [1.82, 2.24) is 5.32 Å². The second-order valence-corrected chi connectivity index (χ2v) is 6.02. The Morgan fingerprint density at radius 3 is 2.88 bits per heavy atom. The summed E-state index contributed by atoms with van der Waals surface area (Å²) in [4.78, 5) is 12.0. The molecule has 1 atom stereocenters. The van der Waals surface area contributed by atoms with Gasteiger partial charge >= 0.3 is 0 Å². The zero-order chi connectivity index (χ0) is 16.9. The van der Waals surface area contributed by atoms with Gasteiger partial charge in [0.05, 0.1) is 5.56 Å². The monoisotopic (exact) mass is 393 g/mol. The molecule has 3 rings (SSSR count). The Kier molecular flexibility index (Phi) is 5.22. The molecule has 0 saturated heterocycles. The molecule has 2 N–H and O–H groups in total. The second-order valence-electron chi connectivity index (χ2n) is 5.17. The average Bonchev–Trinajstić information content (AvgIpc) is 3.06. The number of fused-ring (bicyclic) bond motifs is 1. The quantitative estimate of drug-likeness (QED) is 0.787. The highest BCUT2D eigenvalue weighted by atomic mass is 79.9. The van der Waals surface area contributed by atoms with Gasteiger partial charge in [0.25, 0.3) is 5.91 Å². The maximum Gasteiger partial charge on any atom is 0.252 e. The van der Waals surface area contributed by atoms with Gasteiger partial charge < -0.3 is 24.6 Å². The molecule has 0 aliphatic carbocycles. The number of rotatable bonds is 6. The summed E-state index contributed by atoms with van der Waals surface area (Å²) in [6.45, 7) is 0.336. The highest BCUT2D eigenvalue weighted by molar-refractivity contribution is 9.10. The normalized spacial score (nSPS) is 13.4. The Morgan fingerprint density at radius 1 is 1.25 bits per heavy atom. The van der Waals surface area contributed by atoms with Crippen molar-refractivity contribution < 1.29 is 24.1 Å². The van der Waals surface area contributed by atoms with Gasteiger partial charge in [-0.25, -0.2) is 0 Å². The molecule has 126 valence electrons. The van der Waals surface area contributed by atoms with Crippen molar-refractivity contribution in [3.63, 3.8) is 0 Å². The van der Waals surface area contributed by atoms with Crippen LogP contribution >= 0.6 is 15.9 Å². The van der Waals surface area contributed by atoms with E-state index in [4.69, 9.17) is 14.2 Å². The van der Waals surface area contributed by atoms with Crippen molar-refractivity contribution in [2.75, 3.05) is 19.9 Å². The van der Waals surface area contributed by atoms with Gasteiger partial charge in [0, 0.05) is 17.1 Å². The molecule has 1 aliphatic rings. The van der Waals surface area contributed by atoms with Gasteiger partial charge in [-0.1, -0.05) is 12.1 Å². The standard InChI is InChI=1S/C17H16BrNO5/c18-14-4-2-1-3-13(14)17(21)19-8-11(20)9-22-12-5-6-15-16(7-12)24-10-23-15/h1-7,11,20H,8-10H2,(H,19,21). The van der Waals surface area contributed by atoms with Crippen molar-refractivity contribution in [3.8, 4) is 17.2 Å². The van der Waals surface area contributed by atoms with Crippen molar-refractivity contribution >= 4 is 21.8 Å². The van der Waals surface area contributed by atoms with Crippen LogP contribution in [0.2, 0.25) is 0 Å². The van der Waals surface area contributed by atoms with E-state index in [1.54, 1.807) is 36.4 Å². The number of hydrogen-bond donors (Lipinski definition) is 2. The highest BCUT2D eigenvalue weighted by Gasteiger charge is 2.15. The minimum Gasteiger partial charge on any atom is -0.491 e. The van der Waals surface area contributed by atoms with E-state index in [2.05, 4.69) is 21.2 Å². The molecule has 1 unspecified atom stereocenters. The number of halogens is 1. The molecule has 0 saturated carbocycles. The molecule has 7 heteroatoms. The van der Waals surface area contributed by atoms with Crippen LogP contribution in [0.1, 0.15) is 10.4 Å². The highest BCUT2D eigenvalue weighted by Crippen LogP contribution is 2.35. The van der Waals surface area contributed by atoms with Gasteiger partial charge in [-0.15, -0.1) is 0 Å². The van der Waals surface area contributed by atoms with E-state index in [9.17, 15) is 9.90 Å². The SMILES string of the molecule is O=C(NCC(O)COc1ccc2c(c1)OCO2)c1ccccc1Br. The van der Waals surface area contributed by atoms with E-state index in [-0.39, 0.29) is 25.9 Å². The zero-order valence-electron chi connectivity index (χ0n) is 12.7. The van der Waals surface area contributed by atoms with Gasteiger partial charge in [-0.05, 0) is 40.2 Å². The maximum atomic E-state index is 12.0. The third-order valence-corrected chi connectivity index (χ3v) is 4.09. The number of benzene rings is 2. The van der Waals surface area contributed by atoms with Crippen molar-refractivity contribution in [3.05, 3.63) is 52.5 Å². The molecule has 0 spiro atoms. The number of carbonyl (C=O) groups is 1. The first-order valence-corrected chi connectivity index (χ1v) is 8.16. The fourth-order valence-electron chi connectivity index (χ4n) is 2.17. The predicted octanol–water partition coefficient (Wildman–Crippen LogP) is 2.35. The molecular weight excluding hydrogens is 378 g/mol. The smallest absolute Gasteiger partial charge is 0.252 e. The molecule has 2 aromatic carbocycles. The lowest BCUT2D eigenvalue weighted by molar-refractivity contribution is 0.0843. The number of nitrogens with one attached hydrogen (secondary N) is 1. The van der Waals surface area contributed by atoms with Crippen LogP contribution in [0.4, 0.5) is 0 Å². The molecule has 2 aromatic rings. The van der Waals surface area contributed by atoms with Crippen molar-refractivity contribution in [2.24, 2.45) is 0 Å². The molecule has 0 fully saturated rings. The Morgan fingerprint density at radius 2 is 2.04 bits per heavy atom. The largest absolute Gasteiger partial charge is 0.491 e. The number of ether oxygens (including phenoxy) is 3. The van der Waals surface area contributed by atoms with E-state index in [1.807, 2.05) is 6.07 Å². The topological polar surface area (TPSA) is 77.0 Å². The van der Waals surface area contributed by atoms with Crippen molar-refractivity contribution in [1.29, 1.82) is 0 Å². The van der Waals surface area contributed by atoms with E-state index < -0.39 is 6.10 Å². The lowest BCUT2D eigenvalue weighted by atomic mass is 10.2. The molecule has 0 radical (unpaired) electrons. The van der Waals surface area contributed by atoms with Gasteiger partial charge in [0.15, 0.2) is 11.5 Å². The minimum atomic E-state index is -0.832. The van der Waals surface area contributed by atoms with Crippen LogP contribution in [0.25, 0.3) is 0 Å². The van der Waals surface area contributed by atoms with Crippen LogP contribution in [-0.4, -0.2) is 37.1 Å². The summed E-state index contributed by atoms with van der Waals surface area (Å²) in [5.74, 6) is 1.59. The molecule has 24 heavy (non-hydrogen) atoms. The number of hydrogen-bond acceptors (Lipinski definition) is 5. The van der Waals surface area contributed by atoms with Crippen molar-refractivity contribution in [2.45, 2.75) is 6.10 Å². The first-order chi connectivity index (χ1) is 11.6. The van der Waals surface area contributed by atoms with Crippen LogP contribution < -0.4 is 19.5 Å². The summed E-state index contributed by atoms with van der Waals surface area (Å²) in [6, 6.07) is 12.3. The van der Waals surface area contributed by atoms with Gasteiger partial charge in [-0.3, -0.25) is 4.79 Å². The van der Waals surface area contributed by atoms with Crippen LogP contribution in [0.3, 0.4) is 0 Å². The summed E-state index contributed by atoms with van der Waals surface area (Å²) < 4.78 is 16.7. The van der Waals surface area contributed by atoms with E-state index in [1.165, 1.54) is 0 Å². The fourth-order valence-corrected chi connectivity index (χ4v) is 2.63. The van der Waals surface area contributed by atoms with Crippen LogP contribution in [0.5, 0.6) is 17.2 Å². The Labute approximate surface area is 147 Å². The molecule has 1 amide bonds. The first kappa shape index (κ1) is 16.6. The second kappa shape index (κ2) is 7.55. The number of aliphatic hydroxyl groups is 1. The van der Waals surface area contributed by atoms with Crippen LogP contribution in [-0.2, 0) is 0 Å². The van der Waals surface area contributed by atoms with Gasteiger partial charge in [-0.2, -0.15) is 0 Å². The lowest BCUT2D eigenvalue weighted by Gasteiger charge is -2.14. The van der Waals surface area contributed by atoms with E-state index >= 15 is 0 Å². The molecule has 1 aliphatic heterocycles. The Bertz CT molecular complexity index is 737. The zero-order valence-corrected chi connectivity index (χ0v) is 14.3. The summed E-state index contributed by atoms with van der Waals surface area (Å²) >= 11 is 3.32. The molecule has 0 bridgehead atoms. The Balaban J connectivity index is 1.47. The number of amides is 1. The maximum absolute atomic E-state index is 12.0. The van der Waals surface area contributed by atoms with E-state index in [0.29, 0.717) is 27.3 Å². The molecule has 0 aromatic heterocycles. The third kappa shape index (κ3) is 3.98.